The van der Waals surface area contributed by atoms with Gasteiger partial charge in [0.25, 0.3) is 0 Å². The van der Waals surface area contributed by atoms with E-state index in [-0.39, 0.29) is 11.9 Å². The number of amides is 1. The molecule has 0 saturated carbocycles. The normalized spacial score (nSPS) is 17.8. The van der Waals surface area contributed by atoms with E-state index in [0.29, 0.717) is 44.1 Å². The molecule has 1 fully saturated rings. The Morgan fingerprint density at radius 1 is 1.34 bits per heavy atom. The molecule has 10 heteroatoms. The standard InChI is InChI=1S/C19H26N4O5S/c1-27-16-10-8-14(9-11-16)19-21-18(28-22-19)7-3-6-17(24)20-15-5-4-12-23(13-15)29(2,25)26/h8-11,15H,3-7,12-13H2,1-2H3,(H,20,24). The molecule has 2 aromatic rings. The third-order valence-corrected chi connectivity index (χ3v) is 6.10. The van der Waals surface area contributed by atoms with Crippen molar-refractivity contribution in [2.75, 3.05) is 26.5 Å². The first-order valence-corrected chi connectivity index (χ1v) is 11.4. The number of hydrogen-bond donors (Lipinski definition) is 1. The summed E-state index contributed by atoms with van der Waals surface area (Å²) in [5.41, 5.74) is 0.825. The van der Waals surface area contributed by atoms with Gasteiger partial charge >= 0.3 is 0 Å². The van der Waals surface area contributed by atoms with E-state index in [1.807, 2.05) is 24.3 Å². The van der Waals surface area contributed by atoms with Gasteiger partial charge in [-0.2, -0.15) is 4.98 Å². The largest absolute Gasteiger partial charge is 0.497 e. The molecule has 2 heterocycles. The smallest absolute Gasteiger partial charge is 0.226 e. The molecule has 1 aliphatic heterocycles. The van der Waals surface area contributed by atoms with Crippen molar-refractivity contribution in [1.29, 1.82) is 0 Å². The lowest BCUT2D eigenvalue weighted by Crippen LogP contribution is -2.49. The van der Waals surface area contributed by atoms with Gasteiger partial charge in [-0.05, 0) is 43.5 Å². The van der Waals surface area contributed by atoms with E-state index in [1.54, 1.807) is 7.11 Å². The molecule has 0 radical (unpaired) electrons. The topological polar surface area (TPSA) is 115 Å². The van der Waals surface area contributed by atoms with Gasteiger partial charge in [0, 0.05) is 37.5 Å². The molecule has 1 atom stereocenters. The molecule has 0 spiro atoms. The van der Waals surface area contributed by atoms with Crippen LogP contribution in [0.15, 0.2) is 28.8 Å². The van der Waals surface area contributed by atoms with Gasteiger partial charge in [-0.1, -0.05) is 5.16 Å². The fraction of sp³-hybridized carbons (Fsp3) is 0.526. The summed E-state index contributed by atoms with van der Waals surface area (Å²) in [6.45, 7) is 0.846. The van der Waals surface area contributed by atoms with Crippen molar-refractivity contribution >= 4 is 15.9 Å². The van der Waals surface area contributed by atoms with Gasteiger partial charge in [0.1, 0.15) is 5.75 Å². The number of aryl methyl sites for hydroxylation is 1. The average Bonchev–Trinajstić information content (AvgIpc) is 3.16. The summed E-state index contributed by atoms with van der Waals surface area (Å²) in [6, 6.07) is 7.21. The van der Waals surface area contributed by atoms with E-state index in [0.717, 1.165) is 24.2 Å². The van der Waals surface area contributed by atoms with Gasteiger partial charge < -0.3 is 14.6 Å². The molecule has 1 unspecified atom stereocenters. The Kier molecular flexibility index (Phi) is 6.86. The molecule has 1 aromatic heterocycles. The average molecular weight is 423 g/mol. The molecule has 3 rings (SSSR count). The third-order valence-electron chi connectivity index (χ3n) is 4.83. The van der Waals surface area contributed by atoms with Gasteiger partial charge in [0.2, 0.25) is 27.6 Å². The van der Waals surface area contributed by atoms with Crippen LogP contribution in [-0.2, 0) is 21.2 Å². The number of benzene rings is 1. The van der Waals surface area contributed by atoms with Gasteiger partial charge in [-0.3, -0.25) is 4.79 Å². The zero-order valence-corrected chi connectivity index (χ0v) is 17.4. The maximum atomic E-state index is 12.2. The summed E-state index contributed by atoms with van der Waals surface area (Å²) in [5.74, 6) is 1.63. The number of sulfonamides is 1. The fourth-order valence-corrected chi connectivity index (χ4v) is 4.19. The van der Waals surface area contributed by atoms with Crippen molar-refractivity contribution in [2.45, 2.75) is 38.1 Å². The summed E-state index contributed by atoms with van der Waals surface area (Å²) < 4.78 is 35.1. The first-order valence-electron chi connectivity index (χ1n) is 9.56. The Labute approximate surface area is 170 Å². The van der Waals surface area contributed by atoms with E-state index in [2.05, 4.69) is 15.5 Å². The maximum Gasteiger partial charge on any atom is 0.226 e. The summed E-state index contributed by atoms with van der Waals surface area (Å²) in [6.07, 6.45) is 4.10. The lowest BCUT2D eigenvalue weighted by atomic mass is 10.1. The second kappa shape index (κ2) is 9.36. The molecule has 1 amide bonds. The molecule has 158 valence electrons. The molecule has 9 nitrogen and oxygen atoms in total. The highest BCUT2D eigenvalue weighted by molar-refractivity contribution is 7.88. The van der Waals surface area contributed by atoms with Crippen LogP contribution in [0.3, 0.4) is 0 Å². The molecule has 1 N–H and O–H groups in total. The van der Waals surface area contributed by atoms with Crippen LogP contribution < -0.4 is 10.1 Å². The van der Waals surface area contributed by atoms with E-state index >= 15 is 0 Å². The number of aromatic nitrogens is 2. The zero-order valence-electron chi connectivity index (χ0n) is 16.6. The van der Waals surface area contributed by atoms with Crippen molar-refractivity contribution in [3.05, 3.63) is 30.2 Å². The highest BCUT2D eigenvalue weighted by atomic mass is 32.2. The first kappa shape index (κ1) is 21.3. The number of carbonyl (C=O) groups is 1. The van der Waals surface area contributed by atoms with E-state index in [4.69, 9.17) is 9.26 Å². The zero-order chi connectivity index (χ0) is 20.9. The third kappa shape index (κ3) is 6.01. The predicted molar refractivity (Wildman–Crippen MR) is 107 cm³/mol. The van der Waals surface area contributed by atoms with Crippen molar-refractivity contribution in [2.24, 2.45) is 0 Å². The van der Waals surface area contributed by atoms with Crippen LogP contribution in [0, 0.1) is 0 Å². The number of ether oxygens (including phenoxy) is 1. The van der Waals surface area contributed by atoms with Crippen molar-refractivity contribution in [3.8, 4) is 17.1 Å². The Hall–Kier alpha value is -2.46. The lowest BCUT2D eigenvalue weighted by Gasteiger charge is -2.31. The molecule has 0 bridgehead atoms. The second-order valence-corrected chi connectivity index (χ2v) is 9.10. The van der Waals surface area contributed by atoms with Crippen LogP contribution in [0.1, 0.15) is 31.6 Å². The van der Waals surface area contributed by atoms with E-state index < -0.39 is 10.0 Å². The Morgan fingerprint density at radius 2 is 2.10 bits per heavy atom. The Bertz CT molecular complexity index is 926. The van der Waals surface area contributed by atoms with Crippen molar-refractivity contribution < 1.29 is 22.5 Å². The molecular formula is C19H26N4O5S. The number of rotatable bonds is 8. The van der Waals surface area contributed by atoms with Gasteiger partial charge in [0.15, 0.2) is 0 Å². The van der Waals surface area contributed by atoms with Gasteiger partial charge in [0.05, 0.1) is 13.4 Å². The Balaban J connectivity index is 1.44. The summed E-state index contributed by atoms with van der Waals surface area (Å²) in [4.78, 5) is 16.5. The molecule has 1 aliphatic rings. The van der Waals surface area contributed by atoms with Crippen LogP contribution in [0.25, 0.3) is 11.4 Å². The van der Waals surface area contributed by atoms with Crippen LogP contribution in [-0.4, -0.2) is 61.3 Å². The van der Waals surface area contributed by atoms with E-state index in [1.165, 1.54) is 10.6 Å². The van der Waals surface area contributed by atoms with Crippen LogP contribution >= 0.6 is 0 Å². The Morgan fingerprint density at radius 3 is 2.79 bits per heavy atom. The quantitative estimate of drug-likeness (QED) is 0.687. The number of nitrogens with zero attached hydrogens (tertiary/aromatic N) is 3. The SMILES string of the molecule is COc1ccc(-c2noc(CCCC(=O)NC3CCCN(S(C)(=O)=O)C3)n2)cc1. The molecule has 0 aliphatic carbocycles. The number of methoxy groups -OCH3 is 1. The number of hydrogen-bond acceptors (Lipinski definition) is 7. The van der Waals surface area contributed by atoms with Crippen LogP contribution in [0.2, 0.25) is 0 Å². The van der Waals surface area contributed by atoms with Gasteiger partial charge in [-0.25, -0.2) is 12.7 Å². The van der Waals surface area contributed by atoms with Gasteiger partial charge in [-0.15, -0.1) is 0 Å². The summed E-state index contributed by atoms with van der Waals surface area (Å²) in [7, 11) is -1.62. The summed E-state index contributed by atoms with van der Waals surface area (Å²) >= 11 is 0. The van der Waals surface area contributed by atoms with Crippen molar-refractivity contribution in [1.82, 2.24) is 19.8 Å². The minimum Gasteiger partial charge on any atom is -0.497 e. The minimum atomic E-state index is -3.22. The lowest BCUT2D eigenvalue weighted by molar-refractivity contribution is -0.122. The number of carbonyl (C=O) groups excluding carboxylic acids is 1. The first-order chi connectivity index (χ1) is 13.8. The summed E-state index contributed by atoms with van der Waals surface area (Å²) in [5, 5.41) is 6.90. The molecule has 29 heavy (non-hydrogen) atoms. The highest BCUT2D eigenvalue weighted by Crippen LogP contribution is 2.20. The molecular weight excluding hydrogens is 396 g/mol. The van der Waals surface area contributed by atoms with Crippen LogP contribution in [0.5, 0.6) is 5.75 Å². The van der Waals surface area contributed by atoms with Crippen molar-refractivity contribution in [3.63, 3.8) is 0 Å². The number of piperidine rings is 1. The molecule has 1 saturated heterocycles. The minimum absolute atomic E-state index is 0.0970. The molecule has 1 aromatic carbocycles. The second-order valence-electron chi connectivity index (χ2n) is 7.12. The maximum absolute atomic E-state index is 12.2. The predicted octanol–water partition coefficient (Wildman–Crippen LogP) is 1.61. The van der Waals surface area contributed by atoms with Crippen LogP contribution in [0.4, 0.5) is 0 Å². The number of nitrogens with one attached hydrogen (secondary N) is 1. The highest BCUT2D eigenvalue weighted by Gasteiger charge is 2.26. The monoisotopic (exact) mass is 422 g/mol. The fourth-order valence-electron chi connectivity index (χ4n) is 3.28. The van der Waals surface area contributed by atoms with E-state index in [9.17, 15) is 13.2 Å².